The predicted octanol–water partition coefficient (Wildman–Crippen LogP) is 5.70. The summed E-state index contributed by atoms with van der Waals surface area (Å²) in [6.45, 7) is 4.23. The summed E-state index contributed by atoms with van der Waals surface area (Å²) in [7, 11) is 0. The van der Waals surface area contributed by atoms with Gasteiger partial charge in [-0.15, -0.1) is 11.3 Å². The van der Waals surface area contributed by atoms with Crippen molar-refractivity contribution < 1.29 is 4.79 Å². The first-order valence-corrected chi connectivity index (χ1v) is 11.5. The van der Waals surface area contributed by atoms with E-state index in [4.69, 9.17) is 0 Å². The normalized spacial score (nSPS) is 17.5. The van der Waals surface area contributed by atoms with Gasteiger partial charge >= 0.3 is 0 Å². The number of carbonyl (C=O) groups excluding carboxylic acids is 1. The number of amides is 1. The minimum Gasteiger partial charge on any atom is -0.325 e. The number of benzene rings is 1. The molecule has 2 atom stereocenters. The Balaban J connectivity index is 1.56. The minimum absolute atomic E-state index is 0.0215. The molecular formula is C20H20BrN3OS2. The monoisotopic (exact) mass is 461 g/mol. The molecule has 0 saturated heterocycles. The number of nitrogens with zero attached hydrogens (tertiary/aromatic N) is 2. The van der Waals surface area contributed by atoms with E-state index in [9.17, 15) is 4.79 Å². The van der Waals surface area contributed by atoms with Crippen LogP contribution in [0, 0.1) is 5.92 Å². The number of hydrogen-bond donors (Lipinski definition) is 1. The van der Waals surface area contributed by atoms with Crippen molar-refractivity contribution in [2.45, 2.75) is 43.4 Å². The van der Waals surface area contributed by atoms with Gasteiger partial charge in [-0.3, -0.25) is 4.79 Å². The molecule has 1 N–H and O–H groups in total. The highest BCUT2D eigenvalue weighted by molar-refractivity contribution is 9.10. The van der Waals surface area contributed by atoms with Gasteiger partial charge in [0.15, 0.2) is 0 Å². The van der Waals surface area contributed by atoms with E-state index in [0.29, 0.717) is 0 Å². The number of thioether (sulfide) groups is 1. The molecule has 27 heavy (non-hydrogen) atoms. The zero-order chi connectivity index (χ0) is 19.0. The van der Waals surface area contributed by atoms with E-state index in [0.717, 1.165) is 44.2 Å². The highest BCUT2D eigenvalue weighted by Crippen LogP contribution is 2.41. The van der Waals surface area contributed by atoms with Crippen LogP contribution in [0.2, 0.25) is 0 Å². The average Bonchev–Trinajstić information content (AvgIpc) is 3.01. The van der Waals surface area contributed by atoms with Gasteiger partial charge in [0.2, 0.25) is 5.91 Å². The number of aromatic nitrogens is 2. The predicted molar refractivity (Wildman–Crippen MR) is 117 cm³/mol. The van der Waals surface area contributed by atoms with Gasteiger partial charge in [-0.2, -0.15) is 0 Å². The molecule has 4 nitrogen and oxygen atoms in total. The lowest BCUT2D eigenvalue weighted by atomic mass is 9.89. The summed E-state index contributed by atoms with van der Waals surface area (Å²) in [4.78, 5) is 24.1. The van der Waals surface area contributed by atoms with Crippen molar-refractivity contribution in [2.24, 2.45) is 5.92 Å². The van der Waals surface area contributed by atoms with Crippen LogP contribution < -0.4 is 5.32 Å². The zero-order valence-electron chi connectivity index (χ0n) is 15.2. The van der Waals surface area contributed by atoms with Crippen LogP contribution in [0.5, 0.6) is 0 Å². The van der Waals surface area contributed by atoms with Crippen LogP contribution >= 0.6 is 39.0 Å². The topological polar surface area (TPSA) is 54.9 Å². The van der Waals surface area contributed by atoms with Gasteiger partial charge < -0.3 is 5.32 Å². The quantitative estimate of drug-likeness (QED) is 0.399. The summed E-state index contributed by atoms with van der Waals surface area (Å²) < 4.78 is 0.989. The second-order valence-electron chi connectivity index (χ2n) is 6.97. The Morgan fingerprint density at radius 2 is 2.11 bits per heavy atom. The molecule has 1 amide bonds. The fourth-order valence-corrected chi connectivity index (χ4v) is 5.96. The third-order valence-electron chi connectivity index (χ3n) is 4.83. The van der Waals surface area contributed by atoms with E-state index >= 15 is 0 Å². The standard InChI is InChI=1S/C20H20BrN3OS2/c1-11-3-8-15-16(9-11)27-20-17(15)19(22-10-23-20)26-12(2)18(25)24-14-6-4-13(21)5-7-14/h4-7,10-12H,3,8-9H2,1-2H3,(H,24,25). The van der Waals surface area contributed by atoms with Crippen LogP contribution in [0.25, 0.3) is 10.2 Å². The van der Waals surface area contributed by atoms with Crippen LogP contribution in [0.1, 0.15) is 30.7 Å². The summed E-state index contributed by atoms with van der Waals surface area (Å²) in [5.74, 6) is 0.706. The maximum absolute atomic E-state index is 12.6. The molecule has 4 rings (SSSR count). The molecule has 3 aromatic rings. The molecule has 1 aliphatic rings. The number of rotatable bonds is 4. The first-order valence-electron chi connectivity index (χ1n) is 8.99. The summed E-state index contributed by atoms with van der Waals surface area (Å²) in [6.07, 6.45) is 5.03. The number of fused-ring (bicyclic) bond motifs is 3. The molecular weight excluding hydrogens is 442 g/mol. The number of nitrogens with one attached hydrogen (secondary N) is 1. The largest absolute Gasteiger partial charge is 0.325 e. The lowest BCUT2D eigenvalue weighted by Gasteiger charge is -2.18. The van der Waals surface area contributed by atoms with Gasteiger partial charge in [0.25, 0.3) is 0 Å². The van der Waals surface area contributed by atoms with Crippen molar-refractivity contribution in [2.75, 3.05) is 5.32 Å². The van der Waals surface area contributed by atoms with E-state index in [-0.39, 0.29) is 11.2 Å². The van der Waals surface area contributed by atoms with Crippen molar-refractivity contribution in [3.8, 4) is 0 Å². The number of halogens is 1. The van der Waals surface area contributed by atoms with Gasteiger partial charge in [-0.05, 0) is 61.9 Å². The van der Waals surface area contributed by atoms with Crippen molar-refractivity contribution in [3.05, 3.63) is 45.5 Å². The van der Waals surface area contributed by atoms with Gasteiger partial charge in [-0.25, -0.2) is 9.97 Å². The Bertz CT molecular complexity index is 987. The highest BCUT2D eigenvalue weighted by Gasteiger charge is 2.25. The second kappa shape index (κ2) is 7.89. The number of hydrogen-bond acceptors (Lipinski definition) is 5. The molecule has 1 aliphatic carbocycles. The van der Waals surface area contributed by atoms with E-state index < -0.39 is 0 Å². The van der Waals surface area contributed by atoms with E-state index in [2.05, 4.69) is 38.1 Å². The van der Waals surface area contributed by atoms with Crippen LogP contribution in [-0.2, 0) is 17.6 Å². The maximum atomic E-state index is 12.6. The van der Waals surface area contributed by atoms with Gasteiger partial charge in [0.1, 0.15) is 16.2 Å². The lowest BCUT2D eigenvalue weighted by Crippen LogP contribution is -2.22. The molecule has 0 aliphatic heterocycles. The van der Waals surface area contributed by atoms with Crippen molar-refractivity contribution in [1.82, 2.24) is 9.97 Å². The van der Waals surface area contributed by atoms with Crippen molar-refractivity contribution in [3.63, 3.8) is 0 Å². The Morgan fingerprint density at radius 1 is 1.33 bits per heavy atom. The number of aryl methyl sites for hydroxylation is 1. The van der Waals surface area contributed by atoms with E-state index in [1.807, 2.05) is 31.2 Å². The first kappa shape index (κ1) is 18.9. The van der Waals surface area contributed by atoms with Crippen molar-refractivity contribution >= 4 is 60.8 Å². The third-order valence-corrected chi connectivity index (χ3v) is 7.62. The smallest absolute Gasteiger partial charge is 0.237 e. The second-order valence-corrected chi connectivity index (χ2v) is 10.3. The SMILES string of the molecule is CC1CCc2c(sc3ncnc(SC(C)C(=O)Nc4ccc(Br)cc4)c23)C1. The maximum Gasteiger partial charge on any atom is 0.237 e. The molecule has 0 bridgehead atoms. The Hall–Kier alpha value is -1.44. The average molecular weight is 462 g/mol. The van der Waals surface area contributed by atoms with E-state index in [1.165, 1.54) is 28.6 Å². The van der Waals surface area contributed by atoms with Crippen LogP contribution in [0.15, 0.2) is 40.1 Å². The Morgan fingerprint density at radius 3 is 2.89 bits per heavy atom. The van der Waals surface area contributed by atoms with Crippen LogP contribution in [0.4, 0.5) is 5.69 Å². The van der Waals surface area contributed by atoms with Crippen LogP contribution in [0.3, 0.4) is 0 Å². The minimum atomic E-state index is -0.246. The summed E-state index contributed by atoms with van der Waals surface area (Å²) >= 11 is 6.71. The van der Waals surface area contributed by atoms with Gasteiger partial charge in [0, 0.05) is 20.4 Å². The van der Waals surface area contributed by atoms with Gasteiger partial charge in [-0.1, -0.05) is 34.6 Å². The number of thiophene rings is 1. The Kier molecular flexibility index (Phi) is 5.53. The summed E-state index contributed by atoms with van der Waals surface area (Å²) in [5, 5.41) is 4.82. The molecule has 0 saturated carbocycles. The zero-order valence-corrected chi connectivity index (χ0v) is 18.4. The fraction of sp³-hybridized carbons (Fsp3) is 0.350. The Labute approximate surface area is 175 Å². The number of anilines is 1. The molecule has 0 radical (unpaired) electrons. The molecule has 140 valence electrons. The van der Waals surface area contributed by atoms with Gasteiger partial charge in [0.05, 0.1) is 5.25 Å². The molecule has 1 aromatic carbocycles. The molecule has 2 aromatic heterocycles. The van der Waals surface area contributed by atoms with Crippen LogP contribution in [-0.4, -0.2) is 21.1 Å². The summed E-state index contributed by atoms with van der Waals surface area (Å²) in [6, 6.07) is 7.61. The third kappa shape index (κ3) is 4.05. The molecule has 7 heteroatoms. The molecule has 2 unspecified atom stereocenters. The summed E-state index contributed by atoms with van der Waals surface area (Å²) in [5.41, 5.74) is 2.20. The van der Waals surface area contributed by atoms with E-state index in [1.54, 1.807) is 17.7 Å². The fourth-order valence-electron chi connectivity index (χ4n) is 3.33. The highest BCUT2D eigenvalue weighted by atomic mass is 79.9. The van der Waals surface area contributed by atoms with Crippen molar-refractivity contribution in [1.29, 1.82) is 0 Å². The lowest BCUT2D eigenvalue weighted by molar-refractivity contribution is -0.115. The first-order chi connectivity index (χ1) is 13.0. The number of carbonyl (C=O) groups is 1. The molecule has 0 spiro atoms. The molecule has 2 heterocycles. The molecule has 0 fully saturated rings.